The largest absolute Gasteiger partial charge is 0.497 e. The van der Waals surface area contributed by atoms with Gasteiger partial charge in [-0.25, -0.2) is 0 Å². The number of hydrogen-bond donors (Lipinski definition) is 1. The van der Waals surface area contributed by atoms with E-state index in [0.717, 1.165) is 30.7 Å². The second-order valence-electron chi connectivity index (χ2n) is 5.38. The van der Waals surface area contributed by atoms with Gasteiger partial charge in [-0.2, -0.15) is 5.26 Å². The summed E-state index contributed by atoms with van der Waals surface area (Å²) < 4.78 is 5.25. The zero-order valence-electron chi connectivity index (χ0n) is 12.1. The van der Waals surface area contributed by atoms with Crippen LogP contribution in [0.5, 0.6) is 5.75 Å². The van der Waals surface area contributed by atoms with Gasteiger partial charge in [0.2, 0.25) is 0 Å². The van der Waals surface area contributed by atoms with Crippen molar-refractivity contribution in [3.63, 3.8) is 0 Å². The molecule has 0 fully saturated rings. The van der Waals surface area contributed by atoms with Gasteiger partial charge >= 0.3 is 0 Å². The zero-order chi connectivity index (χ0) is 14.7. The highest BCUT2D eigenvalue weighted by Crippen LogP contribution is 2.27. The van der Waals surface area contributed by atoms with Crippen molar-refractivity contribution in [2.24, 2.45) is 0 Å². The Hall–Kier alpha value is -2.47. The number of fused-ring (bicyclic) bond motifs is 1. The Morgan fingerprint density at radius 3 is 2.76 bits per heavy atom. The van der Waals surface area contributed by atoms with E-state index in [2.05, 4.69) is 35.7 Å². The van der Waals surface area contributed by atoms with E-state index < -0.39 is 0 Å². The minimum atomic E-state index is 0.360. The van der Waals surface area contributed by atoms with Crippen LogP contribution in [0.3, 0.4) is 0 Å². The Morgan fingerprint density at radius 1 is 1.19 bits per heavy atom. The highest BCUT2D eigenvalue weighted by atomic mass is 16.5. The van der Waals surface area contributed by atoms with Crippen LogP contribution in [0.1, 0.15) is 23.1 Å². The molecule has 2 aromatic rings. The minimum absolute atomic E-state index is 0.360. The van der Waals surface area contributed by atoms with Gasteiger partial charge in [-0.1, -0.05) is 24.3 Å². The fraction of sp³-hybridized carbons (Fsp3) is 0.278. The number of aryl methyl sites for hydroxylation is 1. The van der Waals surface area contributed by atoms with Gasteiger partial charge in [0, 0.05) is 12.1 Å². The molecule has 21 heavy (non-hydrogen) atoms. The summed E-state index contributed by atoms with van der Waals surface area (Å²) in [5.74, 6) is 0.771. The number of nitrogens with zero attached hydrogens (tertiary/aromatic N) is 1. The van der Waals surface area contributed by atoms with E-state index in [4.69, 9.17) is 4.74 Å². The zero-order valence-corrected chi connectivity index (χ0v) is 12.1. The summed E-state index contributed by atoms with van der Waals surface area (Å²) in [6, 6.07) is 16.7. The van der Waals surface area contributed by atoms with Crippen LogP contribution in [-0.2, 0) is 12.8 Å². The van der Waals surface area contributed by atoms with Crippen molar-refractivity contribution in [2.75, 3.05) is 12.4 Å². The Bertz CT molecular complexity index is 688. The summed E-state index contributed by atoms with van der Waals surface area (Å²) >= 11 is 0. The average molecular weight is 278 g/mol. The summed E-state index contributed by atoms with van der Waals surface area (Å²) in [4.78, 5) is 0. The average Bonchev–Trinajstić information content (AvgIpc) is 2.54. The van der Waals surface area contributed by atoms with Crippen molar-refractivity contribution >= 4 is 5.69 Å². The minimum Gasteiger partial charge on any atom is -0.497 e. The summed E-state index contributed by atoms with van der Waals surface area (Å²) in [7, 11) is 1.64. The molecule has 0 spiro atoms. The maximum absolute atomic E-state index is 9.24. The van der Waals surface area contributed by atoms with E-state index in [9.17, 15) is 5.26 Å². The molecule has 0 heterocycles. The normalized spacial score (nSPS) is 16.7. The molecule has 1 N–H and O–H groups in total. The van der Waals surface area contributed by atoms with Gasteiger partial charge in [0.25, 0.3) is 0 Å². The predicted molar refractivity (Wildman–Crippen MR) is 83.6 cm³/mol. The van der Waals surface area contributed by atoms with Crippen LogP contribution < -0.4 is 10.1 Å². The Balaban J connectivity index is 1.80. The highest BCUT2D eigenvalue weighted by molar-refractivity contribution is 5.61. The van der Waals surface area contributed by atoms with Gasteiger partial charge in [0.15, 0.2) is 0 Å². The van der Waals surface area contributed by atoms with Gasteiger partial charge in [-0.05, 0) is 42.5 Å². The molecule has 106 valence electrons. The molecular formula is C18H18N2O. The van der Waals surface area contributed by atoms with E-state index in [1.165, 1.54) is 11.1 Å². The number of nitrogens with one attached hydrogen (secondary N) is 1. The number of anilines is 1. The number of rotatable bonds is 3. The van der Waals surface area contributed by atoms with Crippen LogP contribution in [0.2, 0.25) is 0 Å². The smallest absolute Gasteiger partial charge is 0.121 e. The van der Waals surface area contributed by atoms with Crippen molar-refractivity contribution in [2.45, 2.75) is 25.3 Å². The number of nitriles is 1. The number of benzene rings is 2. The van der Waals surface area contributed by atoms with Crippen LogP contribution in [0, 0.1) is 11.3 Å². The van der Waals surface area contributed by atoms with E-state index >= 15 is 0 Å². The number of ether oxygens (including phenoxy) is 1. The third-order valence-electron chi connectivity index (χ3n) is 4.05. The summed E-state index contributed by atoms with van der Waals surface area (Å²) in [6.45, 7) is 0. The fourth-order valence-electron chi connectivity index (χ4n) is 2.91. The first-order valence-electron chi connectivity index (χ1n) is 7.21. The first-order valence-corrected chi connectivity index (χ1v) is 7.21. The topological polar surface area (TPSA) is 45.0 Å². The van der Waals surface area contributed by atoms with Crippen molar-refractivity contribution in [3.05, 3.63) is 59.2 Å². The molecule has 1 unspecified atom stereocenters. The molecule has 3 nitrogen and oxygen atoms in total. The monoisotopic (exact) mass is 278 g/mol. The lowest BCUT2D eigenvalue weighted by Gasteiger charge is -2.26. The fourth-order valence-corrected chi connectivity index (χ4v) is 2.91. The predicted octanol–water partition coefficient (Wildman–Crippen LogP) is 3.54. The lowest BCUT2D eigenvalue weighted by molar-refractivity contribution is 0.415. The lowest BCUT2D eigenvalue weighted by Crippen LogP contribution is -2.27. The molecule has 1 aliphatic carbocycles. The maximum Gasteiger partial charge on any atom is 0.121 e. The highest BCUT2D eigenvalue weighted by Gasteiger charge is 2.19. The van der Waals surface area contributed by atoms with Gasteiger partial charge in [0.05, 0.1) is 18.4 Å². The van der Waals surface area contributed by atoms with Gasteiger partial charge in [0.1, 0.15) is 11.8 Å². The second-order valence-corrected chi connectivity index (χ2v) is 5.38. The van der Waals surface area contributed by atoms with Crippen molar-refractivity contribution in [3.8, 4) is 11.8 Å². The summed E-state index contributed by atoms with van der Waals surface area (Å²) in [6.07, 6.45) is 3.16. The molecule has 0 bridgehead atoms. The van der Waals surface area contributed by atoms with Crippen LogP contribution in [0.15, 0.2) is 42.5 Å². The van der Waals surface area contributed by atoms with Crippen molar-refractivity contribution < 1.29 is 4.74 Å². The Labute approximate surface area is 125 Å². The standard InChI is InChI=1S/C18H18N2O/c1-21-17-9-7-15(12-19)18(11-17)20-16-8-6-13-4-2-3-5-14(13)10-16/h2-5,7,9,11,16,20H,6,8,10H2,1H3. The molecular weight excluding hydrogens is 260 g/mol. The molecule has 1 aliphatic rings. The molecule has 3 heteroatoms. The molecule has 0 radical (unpaired) electrons. The molecule has 3 rings (SSSR count). The number of hydrogen-bond acceptors (Lipinski definition) is 3. The quantitative estimate of drug-likeness (QED) is 0.934. The number of methoxy groups -OCH3 is 1. The SMILES string of the molecule is COc1ccc(C#N)c(NC2CCc3ccccc3C2)c1. The summed E-state index contributed by atoms with van der Waals surface area (Å²) in [5, 5.41) is 12.8. The van der Waals surface area contributed by atoms with Gasteiger partial charge < -0.3 is 10.1 Å². The lowest BCUT2D eigenvalue weighted by atomic mass is 9.88. The molecule has 0 saturated heterocycles. The van der Waals surface area contributed by atoms with E-state index in [-0.39, 0.29) is 0 Å². The van der Waals surface area contributed by atoms with E-state index in [1.54, 1.807) is 13.2 Å². The van der Waals surface area contributed by atoms with Gasteiger partial charge in [-0.3, -0.25) is 0 Å². The second kappa shape index (κ2) is 5.88. The Morgan fingerprint density at radius 2 is 2.00 bits per heavy atom. The third kappa shape index (κ3) is 2.85. The molecule has 0 aromatic heterocycles. The van der Waals surface area contributed by atoms with Crippen LogP contribution in [-0.4, -0.2) is 13.2 Å². The van der Waals surface area contributed by atoms with E-state index in [0.29, 0.717) is 11.6 Å². The Kier molecular flexibility index (Phi) is 3.79. The molecule has 0 amide bonds. The molecule has 2 aromatic carbocycles. The van der Waals surface area contributed by atoms with Crippen LogP contribution in [0.4, 0.5) is 5.69 Å². The van der Waals surface area contributed by atoms with Crippen LogP contribution >= 0.6 is 0 Å². The summed E-state index contributed by atoms with van der Waals surface area (Å²) in [5.41, 5.74) is 4.38. The first-order chi connectivity index (χ1) is 10.3. The third-order valence-corrected chi connectivity index (χ3v) is 4.05. The van der Waals surface area contributed by atoms with Crippen LogP contribution in [0.25, 0.3) is 0 Å². The van der Waals surface area contributed by atoms with Crippen molar-refractivity contribution in [1.82, 2.24) is 0 Å². The molecule has 0 aliphatic heterocycles. The molecule has 0 saturated carbocycles. The molecule has 1 atom stereocenters. The van der Waals surface area contributed by atoms with Gasteiger partial charge in [-0.15, -0.1) is 0 Å². The maximum atomic E-state index is 9.24. The van der Waals surface area contributed by atoms with E-state index in [1.807, 2.05) is 12.1 Å². The first kappa shape index (κ1) is 13.5. The van der Waals surface area contributed by atoms with Crippen molar-refractivity contribution in [1.29, 1.82) is 5.26 Å².